The van der Waals surface area contributed by atoms with Crippen LogP contribution in [-0.4, -0.2) is 48.2 Å². The maximum atomic E-state index is 13.8. The number of piperidine rings is 1. The van der Waals surface area contributed by atoms with Gasteiger partial charge in [-0.2, -0.15) is 0 Å². The van der Waals surface area contributed by atoms with Crippen LogP contribution in [0.1, 0.15) is 38.5 Å². The number of nitrogens with zero attached hydrogens (tertiary/aromatic N) is 1. The molecule has 0 spiro atoms. The van der Waals surface area contributed by atoms with Gasteiger partial charge in [-0.05, 0) is 44.4 Å². The largest absolute Gasteiger partial charge is 0.377 e. The first kappa shape index (κ1) is 14.8. The lowest BCUT2D eigenvalue weighted by Gasteiger charge is -2.34. The second-order valence-corrected chi connectivity index (χ2v) is 6.64. The fraction of sp³-hybridized carbons (Fsp3) is 0.867. The molecule has 5 nitrogen and oxygen atoms in total. The quantitative estimate of drug-likeness (QED) is 0.842. The van der Waals surface area contributed by atoms with Crippen molar-refractivity contribution in [2.75, 3.05) is 19.7 Å². The van der Waals surface area contributed by atoms with E-state index in [1.807, 2.05) is 0 Å². The molecule has 2 aliphatic heterocycles. The van der Waals surface area contributed by atoms with E-state index < -0.39 is 5.67 Å². The average Bonchev–Trinajstić information content (AvgIpc) is 3.04. The third-order valence-electron chi connectivity index (χ3n) is 5.11. The lowest BCUT2D eigenvalue weighted by molar-refractivity contribution is -0.139. The van der Waals surface area contributed by atoms with E-state index in [9.17, 15) is 14.0 Å². The summed E-state index contributed by atoms with van der Waals surface area (Å²) in [5.41, 5.74) is 3.84. The third-order valence-corrected chi connectivity index (χ3v) is 5.11. The molecule has 0 aromatic rings. The van der Waals surface area contributed by atoms with Crippen molar-refractivity contribution in [3.63, 3.8) is 0 Å². The highest BCUT2D eigenvalue weighted by molar-refractivity contribution is 5.88. The average molecular weight is 298 g/mol. The van der Waals surface area contributed by atoms with Crippen LogP contribution in [0.5, 0.6) is 0 Å². The first-order chi connectivity index (χ1) is 9.99. The number of ether oxygens (including phenoxy) is 1. The number of carbonyl (C=O) groups excluding carboxylic acids is 2. The topological polar surface area (TPSA) is 72.6 Å². The molecule has 0 radical (unpaired) electrons. The van der Waals surface area contributed by atoms with Gasteiger partial charge in [0.25, 0.3) is 5.91 Å². The zero-order chi connectivity index (χ0) is 15.0. The number of hydrogen-bond donors (Lipinski definition) is 1. The molecule has 0 unspecified atom stereocenters. The number of halogens is 1. The Hall–Kier alpha value is -1.17. The lowest BCUT2D eigenvalue weighted by Crippen LogP contribution is -2.44. The molecule has 2 N–H and O–H groups in total. The molecule has 0 aromatic carbocycles. The number of carbonyl (C=O) groups is 2. The van der Waals surface area contributed by atoms with Gasteiger partial charge in [-0.3, -0.25) is 9.59 Å². The van der Waals surface area contributed by atoms with E-state index >= 15 is 0 Å². The van der Waals surface area contributed by atoms with Crippen molar-refractivity contribution in [1.82, 2.24) is 4.90 Å². The predicted octanol–water partition coefficient (Wildman–Crippen LogP) is 1.01. The summed E-state index contributed by atoms with van der Waals surface area (Å²) in [7, 11) is 0. The van der Waals surface area contributed by atoms with Gasteiger partial charge in [-0.15, -0.1) is 0 Å². The molecular formula is C15H23FN2O3. The van der Waals surface area contributed by atoms with Crippen LogP contribution in [0.3, 0.4) is 0 Å². The number of alkyl halides is 1. The monoisotopic (exact) mass is 298 g/mol. The Morgan fingerprint density at radius 1 is 1.24 bits per heavy atom. The SMILES string of the molecule is NC(=O)[C@@H]1CCO[C@@H]1CC1CCN(C(=O)C2(F)CC2)CC1. The van der Waals surface area contributed by atoms with Gasteiger partial charge < -0.3 is 15.4 Å². The molecule has 2 amide bonds. The number of rotatable bonds is 4. The molecule has 3 rings (SSSR count). The van der Waals surface area contributed by atoms with Crippen molar-refractivity contribution in [3.05, 3.63) is 0 Å². The minimum Gasteiger partial charge on any atom is -0.377 e. The standard InChI is InChI=1S/C15H23FN2O3/c16-15(4-5-15)14(20)18-6-1-10(2-7-18)9-12-11(13(17)19)3-8-21-12/h10-12H,1-9H2,(H2,17,19)/t11-,12-/m1/s1. The molecule has 118 valence electrons. The maximum absolute atomic E-state index is 13.8. The van der Waals surface area contributed by atoms with E-state index in [0.29, 0.717) is 44.9 Å². The first-order valence-corrected chi connectivity index (χ1v) is 7.89. The molecule has 2 saturated heterocycles. The Balaban J connectivity index is 1.47. The summed E-state index contributed by atoms with van der Waals surface area (Å²) in [4.78, 5) is 25.0. The number of hydrogen-bond acceptors (Lipinski definition) is 3. The van der Waals surface area contributed by atoms with Gasteiger partial charge in [0.2, 0.25) is 5.91 Å². The number of nitrogens with two attached hydrogens (primary N) is 1. The Morgan fingerprint density at radius 3 is 2.48 bits per heavy atom. The van der Waals surface area contributed by atoms with Crippen molar-refractivity contribution >= 4 is 11.8 Å². The van der Waals surface area contributed by atoms with E-state index in [1.165, 1.54) is 0 Å². The van der Waals surface area contributed by atoms with E-state index in [-0.39, 0.29) is 23.8 Å². The number of likely N-dealkylation sites (tertiary alicyclic amines) is 1. The molecule has 0 bridgehead atoms. The highest BCUT2D eigenvalue weighted by atomic mass is 19.1. The van der Waals surface area contributed by atoms with Crippen LogP contribution in [0.25, 0.3) is 0 Å². The molecule has 0 aromatic heterocycles. The lowest BCUT2D eigenvalue weighted by atomic mass is 9.86. The molecule has 3 fully saturated rings. The third kappa shape index (κ3) is 3.05. The fourth-order valence-corrected chi connectivity index (χ4v) is 3.51. The van der Waals surface area contributed by atoms with Gasteiger partial charge in [0, 0.05) is 19.7 Å². The molecule has 6 heteroatoms. The Kier molecular flexibility index (Phi) is 3.90. The first-order valence-electron chi connectivity index (χ1n) is 7.89. The Morgan fingerprint density at radius 2 is 1.90 bits per heavy atom. The number of amides is 2. The minimum absolute atomic E-state index is 0.0781. The summed E-state index contributed by atoms with van der Waals surface area (Å²) < 4.78 is 19.4. The van der Waals surface area contributed by atoms with Gasteiger partial charge in [0.1, 0.15) is 0 Å². The van der Waals surface area contributed by atoms with E-state index in [1.54, 1.807) is 4.90 Å². The van der Waals surface area contributed by atoms with Crippen LogP contribution >= 0.6 is 0 Å². The summed E-state index contributed by atoms with van der Waals surface area (Å²) in [5, 5.41) is 0. The van der Waals surface area contributed by atoms with Crippen LogP contribution in [0.15, 0.2) is 0 Å². The summed E-state index contributed by atoms with van der Waals surface area (Å²) in [6, 6.07) is 0. The normalized spacial score (nSPS) is 32.1. The van der Waals surface area contributed by atoms with Crippen molar-refractivity contribution in [2.45, 2.75) is 50.3 Å². The summed E-state index contributed by atoms with van der Waals surface area (Å²) in [6.07, 6.45) is 3.91. The zero-order valence-corrected chi connectivity index (χ0v) is 12.2. The van der Waals surface area contributed by atoms with Crippen molar-refractivity contribution in [2.24, 2.45) is 17.6 Å². The highest BCUT2D eigenvalue weighted by Gasteiger charge is 2.53. The summed E-state index contributed by atoms with van der Waals surface area (Å²) in [6.45, 7) is 1.83. The van der Waals surface area contributed by atoms with Gasteiger partial charge in [-0.1, -0.05) is 0 Å². The van der Waals surface area contributed by atoms with Crippen LogP contribution < -0.4 is 5.73 Å². The molecule has 1 aliphatic carbocycles. The maximum Gasteiger partial charge on any atom is 0.260 e. The molecular weight excluding hydrogens is 275 g/mol. The van der Waals surface area contributed by atoms with Crippen molar-refractivity contribution < 1.29 is 18.7 Å². The van der Waals surface area contributed by atoms with Gasteiger partial charge >= 0.3 is 0 Å². The Labute approximate surface area is 124 Å². The van der Waals surface area contributed by atoms with Gasteiger partial charge in [0.15, 0.2) is 5.67 Å². The summed E-state index contributed by atoms with van der Waals surface area (Å²) >= 11 is 0. The second kappa shape index (κ2) is 5.55. The second-order valence-electron chi connectivity index (χ2n) is 6.64. The van der Waals surface area contributed by atoms with E-state index in [2.05, 4.69) is 0 Å². The van der Waals surface area contributed by atoms with Crippen molar-refractivity contribution in [3.8, 4) is 0 Å². The van der Waals surface area contributed by atoms with Crippen LogP contribution in [-0.2, 0) is 14.3 Å². The molecule has 21 heavy (non-hydrogen) atoms. The van der Waals surface area contributed by atoms with E-state index in [4.69, 9.17) is 10.5 Å². The van der Waals surface area contributed by atoms with E-state index in [0.717, 1.165) is 19.3 Å². The smallest absolute Gasteiger partial charge is 0.260 e. The molecule has 1 saturated carbocycles. The number of primary amides is 1. The molecule has 2 atom stereocenters. The predicted molar refractivity (Wildman–Crippen MR) is 74.0 cm³/mol. The van der Waals surface area contributed by atoms with Crippen LogP contribution in [0, 0.1) is 11.8 Å². The van der Waals surface area contributed by atoms with Crippen molar-refractivity contribution in [1.29, 1.82) is 0 Å². The van der Waals surface area contributed by atoms with Crippen LogP contribution in [0.2, 0.25) is 0 Å². The molecule has 2 heterocycles. The fourth-order valence-electron chi connectivity index (χ4n) is 3.51. The Bertz CT molecular complexity index is 431. The van der Waals surface area contributed by atoms with Gasteiger partial charge in [0.05, 0.1) is 12.0 Å². The van der Waals surface area contributed by atoms with Crippen LogP contribution in [0.4, 0.5) is 4.39 Å². The highest BCUT2D eigenvalue weighted by Crippen LogP contribution is 2.42. The summed E-state index contributed by atoms with van der Waals surface area (Å²) in [5.74, 6) is -0.356. The minimum atomic E-state index is -1.56. The molecule has 3 aliphatic rings. The zero-order valence-electron chi connectivity index (χ0n) is 12.2. The van der Waals surface area contributed by atoms with Gasteiger partial charge in [-0.25, -0.2) is 4.39 Å².